The van der Waals surface area contributed by atoms with E-state index >= 15 is 0 Å². The van der Waals surface area contributed by atoms with E-state index in [1.165, 1.54) is 0 Å². The van der Waals surface area contributed by atoms with Gasteiger partial charge in [0.1, 0.15) is 0 Å². The molecule has 0 spiro atoms. The number of hydrogen-bond acceptors (Lipinski definition) is 9. The summed E-state index contributed by atoms with van der Waals surface area (Å²) in [5.41, 5.74) is 12.0. The molecule has 0 saturated heterocycles. The average Bonchev–Trinajstić information content (AvgIpc) is 1.16. The normalized spacial score (nSPS) is 11.4. The topological polar surface area (TPSA) is 116 Å². The van der Waals surface area contributed by atoms with E-state index in [1.54, 1.807) is 0 Å². The van der Waals surface area contributed by atoms with Gasteiger partial charge in [0.2, 0.25) is 0 Å². The molecule has 0 aliphatic rings. The second-order valence-corrected chi connectivity index (χ2v) is 21.7. The van der Waals surface area contributed by atoms with Crippen LogP contribution in [0.5, 0.6) is 0 Å². The number of rotatable bonds is 11. The van der Waals surface area contributed by atoms with Gasteiger partial charge in [0.25, 0.3) is 0 Å². The molecule has 9 heteroatoms. The molecule has 16 aromatic rings. The molecule has 16 rings (SSSR count). The molecule has 0 atom stereocenters. The zero-order chi connectivity index (χ0) is 58.3. The molecule has 0 fully saturated rings. The Bertz CT molecular complexity index is 4750. The Morgan fingerprint density at radius 3 is 0.557 bits per heavy atom. The first-order chi connectivity index (χ1) is 43.6. The summed E-state index contributed by atoms with van der Waals surface area (Å²) < 4.78 is 0. The van der Waals surface area contributed by atoms with Gasteiger partial charge in [-0.15, -0.1) is 0 Å². The van der Waals surface area contributed by atoms with Crippen LogP contribution < -0.4 is 0 Å². The molecule has 0 saturated carbocycles. The van der Waals surface area contributed by atoms with E-state index in [0.29, 0.717) is 52.4 Å². The van der Waals surface area contributed by atoms with Crippen molar-refractivity contribution in [2.24, 2.45) is 0 Å². The highest BCUT2D eigenvalue weighted by Crippen LogP contribution is 2.44. The smallest absolute Gasteiger partial charge is 0.164 e. The predicted molar refractivity (Wildman–Crippen MR) is 356 cm³/mol. The third-order valence-electron chi connectivity index (χ3n) is 16.1. The summed E-state index contributed by atoms with van der Waals surface area (Å²) in [7, 11) is 0. The van der Waals surface area contributed by atoms with Gasteiger partial charge in [-0.2, -0.15) is 0 Å². The summed E-state index contributed by atoms with van der Waals surface area (Å²) in [4.78, 5) is 46.4. The van der Waals surface area contributed by atoms with E-state index in [-0.39, 0.29) is 0 Å². The van der Waals surface area contributed by atoms with E-state index in [2.05, 4.69) is 127 Å². The highest BCUT2D eigenvalue weighted by Gasteiger charge is 2.21. The van der Waals surface area contributed by atoms with E-state index in [1.807, 2.05) is 170 Å². The maximum atomic E-state index is 5.48. The maximum absolute atomic E-state index is 5.48. The van der Waals surface area contributed by atoms with Crippen LogP contribution in [0.3, 0.4) is 0 Å². The van der Waals surface area contributed by atoms with E-state index in [0.717, 1.165) is 115 Å². The van der Waals surface area contributed by atoms with Gasteiger partial charge in [-0.3, -0.25) is 0 Å². The molecule has 0 aliphatic carbocycles. The Labute approximate surface area is 507 Å². The molecule has 0 aliphatic heterocycles. The predicted octanol–water partition coefficient (Wildman–Crippen LogP) is 19.2. The van der Waals surface area contributed by atoms with Crippen molar-refractivity contribution in [1.82, 2.24) is 44.9 Å². The minimum Gasteiger partial charge on any atom is -0.208 e. The van der Waals surface area contributed by atoms with Crippen molar-refractivity contribution in [1.29, 1.82) is 0 Å². The monoisotopic (exact) mass is 1120 g/mol. The third-order valence-corrected chi connectivity index (χ3v) is 16.1. The fourth-order valence-electron chi connectivity index (χ4n) is 11.9. The zero-order valence-electron chi connectivity index (χ0n) is 47.3. The molecular weight excluding hydrogens is 1070 g/mol. The SMILES string of the molecule is c1ccc(-c2nc(-c3ccccc3)nc(-c3ccc(-c4nc(-c5ccc(-c6nc(-c7ccccc7)nc(-c7ccccc7)n6)cc5)nc(-c5cc(-c6c7ccccc7cc7ccccc67)cc(-c6c7ccccc7cc7ccccc67)c5)n4)cc3)n2)cc1. The van der Waals surface area contributed by atoms with Gasteiger partial charge in [0.15, 0.2) is 52.4 Å². The molecule has 88 heavy (non-hydrogen) atoms. The van der Waals surface area contributed by atoms with Crippen molar-refractivity contribution in [2.45, 2.75) is 0 Å². The van der Waals surface area contributed by atoms with Gasteiger partial charge >= 0.3 is 0 Å². The Morgan fingerprint density at radius 2 is 0.318 bits per heavy atom. The summed E-state index contributed by atoms with van der Waals surface area (Å²) in [6.07, 6.45) is 0. The van der Waals surface area contributed by atoms with Crippen LogP contribution in [0.15, 0.2) is 297 Å². The van der Waals surface area contributed by atoms with Crippen LogP contribution in [0.1, 0.15) is 0 Å². The van der Waals surface area contributed by atoms with Crippen LogP contribution in [-0.4, -0.2) is 44.9 Å². The third kappa shape index (κ3) is 9.84. The van der Waals surface area contributed by atoms with Crippen LogP contribution in [-0.2, 0) is 0 Å². The second-order valence-electron chi connectivity index (χ2n) is 21.7. The molecule has 0 N–H and O–H groups in total. The van der Waals surface area contributed by atoms with Gasteiger partial charge < -0.3 is 0 Å². The first-order valence-electron chi connectivity index (χ1n) is 29.3. The second kappa shape index (κ2) is 22.2. The van der Waals surface area contributed by atoms with Gasteiger partial charge in [-0.25, -0.2) is 44.9 Å². The molecule has 0 bridgehead atoms. The Kier molecular flexibility index (Phi) is 13.0. The van der Waals surface area contributed by atoms with Crippen LogP contribution >= 0.6 is 0 Å². The minimum absolute atomic E-state index is 0.497. The van der Waals surface area contributed by atoms with Crippen LogP contribution in [0.25, 0.3) is 168 Å². The van der Waals surface area contributed by atoms with Gasteiger partial charge in [-0.1, -0.05) is 267 Å². The van der Waals surface area contributed by atoms with Crippen LogP contribution in [0.2, 0.25) is 0 Å². The van der Waals surface area contributed by atoms with Crippen molar-refractivity contribution >= 4 is 43.1 Å². The average molecular weight is 1120 g/mol. The fraction of sp³-hybridized carbons (Fsp3) is 0. The Morgan fingerprint density at radius 1 is 0.136 bits per heavy atom. The number of aromatic nitrogens is 9. The lowest BCUT2D eigenvalue weighted by molar-refractivity contribution is 1.07. The first kappa shape index (κ1) is 51.6. The van der Waals surface area contributed by atoms with Crippen molar-refractivity contribution in [2.75, 3.05) is 0 Å². The van der Waals surface area contributed by atoms with E-state index in [9.17, 15) is 0 Å². The van der Waals surface area contributed by atoms with Crippen LogP contribution in [0, 0.1) is 0 Å². The standard InChI is InChI=1S/C79H49N9/c1-5-21-50(22-6-1)71-80-72(51-23-7-2-8-24-51)83-75(82-71)54-37-41-56(42-38-54)77-86-78(57-43-39-55(40-44-57)76-84-73(52-25-9-3-10-26-52)81-74(85-76)53-27-11-4-12-28-53)88-79(87-77)64-48-62(69-65-33-17-13-29-58(65)45-59-30-14-18-34-66(59)69)47-63(49-64)70-67-35-19-15-31-60(67)46-61-32-16-20-36-68(61)70/h1-49H. The summed E-state index contributed by atoms with van der Waals surface area (Å²) in [6, 6.07) is 102. The van der Waals surface area contributed by atoms with Crippen molar-refractivity contribution in [3.05, 3.63) is 297 Å². The van der Waals surface area contributed by atoms with Gasteiger partial charge in [0.05, 0.1) is 0 Å². The maximum Gasteiger partial charge on any atom is 0.164 e. The van der Waals surface area contributed by atoms with Crippen molar-refractivity contribution in [3.63, 3.8) is 0 Å². The molecule has 3 aromatic heterocycles. The lowest BCUT2D eigenvalue weighted by atomic mass is 9.87. The molecule has 9 nitrogen and oxygen atoms in total. The lowest BCUT2D eigenvalue weighted by Crippen LogP contribution is -2.02. The Hall–Kier alpha value is -12.1. The fourth-order valence-corrected chi connectivity index (χ4v) is 11.9. The number of hydrogen-bond donors (Lipinski definition) is 0. The van der Waals surface area contributed by atoms with E-state index < -0.39 is 0 Å². The van der Waals surface area contributed by atoms with Crippen molar-refractivity contribution < 1.29 is 0 Å². The number of benzene rings is 13. The van der Waals surface area contributed by atoms with Gasteiger partial charge in [-0.05, 0) is 95.7 Å². The summed E-state index contributed by atoms with van der Waals surface area (Å²) in [5, 5.41) is 9.24. The molecular formula is C79H49N9. The summed E-state index contributed by atoms with van der Waals surface area (Å²) >= 11 is 0. The summed E-state index contributed by atoms with van der Waals surface area (Å²) in [5.74, 6) is 4.96. The number of nitrogens with zero attached hydrogens (tertiary/aromatic N) is 9. The molecule has 3 heterocycles. The lowest BCUT2D eigenvalue weighted by Gasteiger charge is -2.18. The minimum atomic E-state index is 0.497. The highest BCUT2D eigenvalue weighted by atomic mass is 15.1. The van der Waals surface area contributed by atoms with Crippen LogP contribution in [0.4, 0.5) is 0 Å². The highest BCUT2D eigenvalue weighted by molar-refractivity contribution is 6.16. The summed E-state index contributed by atoms with van der Waals surface area (Å²) in [6.45, 7) is 0. The van der Waals surface area contributed by atoms with Gasteiger partial charge in [0, 0.05) is 50.1 Å². The zero-order valence-corrected chi connectivity index (χ0v) is 47.3. The van der Waals surface area contributed by atoms with Crippen molar-refractivity contribution in [3.8, 4) is 125 Å². The Balaban J connectivity index is 0.896. The molecule has 0 radical (unpaired) electrons. The molecule has 0 amide bonds. The number of fused-ring (bicyclic) bond motifs is 4. The molecule has 0 unspecified atom stereocenters. The first-order valence-corrected chi connectivity index (χ1v) is 29.3. The van der Waals surface area contributed by atoms with E-state index in [4.69, 9.17) is 44.9 Å². The molecule has 13 aromatic carbocycles. The largest absolute Gasteiger partial charge is 0.208 e. The quantitative estimate of drug-likeness (QED) is 0.117. The molecule has 410 valence electrons.